The molecule has 0 bridgehead atoms. The Labute approximate surface area is 203 Å². The van der Waals surface area contributed by atoms with Crippen molar-refractivity contribution in [1.82, 2.24) is 5.32 Å². The smallest absolute Gasteiger partial charge is 0.262 e. The fourth-order valence-corrected chi connectivity index (χ4v) is 5.10. The molecule has 0 fully saturated rings. The van der Waals surface area contributed by atoms with E-state index >= 15 is 0 Å². The van der Waals surface area contributed by atoms with Gasteiger partial charge in [0.05, 0.1) is 16.6 Å². The summed E-state index contributed by atoms with van der Waals surface area (Å²) in [4.78, 5) is 13.1. The summed E-state index contributed by atoms with van der Waals surface area (Å²) in [7, 11) is -3.87. The number of amides is 1. The summed E-state index contributed by atoms with van der Waals surface area (Å²) in [6.07, 6.45) is 0. The van der Waals surface area contributed by atoms with Crippen LogP contribution in [0, 0.1) is 20.8 Å². The van der Waals surface area contributed by atoms with Gasteiger partial charge >= 0.3 is 0 Å². The number of aryl methyl sites for hydroxylation is 3. The van der Waals surface area contributed by atoms with E-state index in [2.05, 4.69) is 42.9 Å². The molecule has 0 aliphatic heterocycles. The van der Waals surface area contributed by atoms with E-state index in [1.165, 1.54) is 11.6 Å². The molecule has 34 heavy (non-hydrogen) atoms. The predicted molar refractivity (Wildman–Crippen MR) is 139 cm³/mol. The molecule has 0 radical (unpaired) electrons. The molecule has 0 saturated heterocycles. The average molecular weight is 479 g/mol. The van der Waals surface area contributed by atoms with Crippen molar-refractivity contribution < 1.29 is 13.2 Å². The third-order valence-corrected chi connectivity index (χ3v) is 7.51. The number of hydrogen-bond donors (Lipinski definition) is 2. The van der Waals surface area contributed by atoms with Crippen LogP contribution in [0.1, 0.15) is 71.9 Å². The maximum Gasteiger partial charge on any atom is 0.262 e. The Kier molecular flexibility index (Phi) is 7.22. The van der Waals surface area contributed by atoms with E-state index in [-0.39, 0.29) is 22.3 Å². The Bertz CT molecular complexity index is 1300. The van der Waals surface area contributed by atoms with Crippen LogP contribution in [0.5, 0.6) is 0 Å². The highest BCUT2D eigenvalue weighted by Crippen LogP contribution is 2.26. The minimum atomic E-state index is -3.87. The van der Waals surface area contributed by atoms with E-state index in [0.29, 0.717) is 16.8 Å². The van der Waals surface area contributed by atoms with Gasteiger partial charge in [0.1, 0.15) is 0 Å². The number of sulfonamides is 1. The van der Waals surface area contributed by atoms with Crippen molar-refractivity contribution in [1.29, 1.82) is 0 Å². The number of benzene rings is 3. The van der Waals surface area contributed by atoms with Crippen molar-refractivity contribution in [3.8, 4) is 0 Å². The molecule has 3 aromatic carbocycles. The van der Waals surface area contributed by atoms with Crippen molar-refractivity contribution in [2.24, 2.45) is 0 Å². The van der Waals surface area contributed by atoms with Crippen molar-refractivity contribution in [3.63, 3.8) is 0 Å². The van der Waals surface area contributed by atoms with E-state index in [1.807, 2.05) is 45.0 Å². The molecule has 0 spiro atoms. The predicted octanol–water partition coefficient (Wildman–Crippen LogP) is 6.20. The summed E-state index contributed by atoms with van der Waals surface area (Å²) in [5.74, 6) is -0.324. The lowest BCUT2D eigenvalue weighted by atomic mass is 9.86. The molecule has 180 valence electrons. The van der Waals surface area contributed by atoms with Gasteiger partial charge in [-0.2, -0.15) is 0 Å². The molecule has 2 N–H and O–H groups in total. The number of carbonyl (C=O) groups is 1. The maximum atomic E-state index is 13.2. The number of rotatable bonds is 6. The summed E-state index contributed by atoms with van der Waals surface area (Å²) in [5.41, 5.74) is 5.44. The Morgan fingerprint density at radius 2 is 1.47 bits per heavy atom. The summed E-state index contributed by atoms with van der Waals surface area (Å²) < 4.78 is 29.0. The number of nitrogens with one attached hydrogen (secondary N) is 2. The third kappa shape index (κ3) is 5.86. The van der Waals surface area contributed by atoms with Gasteiger partial charge in [-0.25, -0.2) is 8.42 Å². The van der Waals surface area contributed by atoms with Crippen molar-refractivity contribution in [2.75, 3.05) is 4.72 Å². The standard InChI is InChI=1S/C28H34N2O3S/c1-18-8-9-19(2)25(16-18)30-34(32,33)26-17-23(11-10-20(26)3)27(31)29-21(4)22-12-14-24(15-13-22)28(5,6)7/h8-17,21,30H,1-7H3,(H,29,31)/t21-/m0/s1. The Hall–Kier alpha value is -3.12. The molecule has 0 saturated carbocycles. The van der Waals surface area contributed by atoms with Gasteiger partial charge in [0.25, 0.3) is 15.9 Å². The van der Waals surface area contributed by atoms with Crippen LogP contribution < -0.4 is 10.0 Å². The molecule has 0 heterocycles. The van der Waals surface area contributed by atoms with Crippen LogP contribution in [0.2, 0.25) is 0 Å². The maximum absolute atomic E-state index is 13.2. The van der Waals surface area contributed by atoms with Gasteiger partial charge in [0.2, 0.25) is 0 Å². The number of carbonyl (C=O) groups excluding carboxylic acids is 1. The Morgan fingerprint density at radius 3 is 2.09 bits per heavy atom. The molecule has 1 amide bonds. The summed E-state index contributed by atoms with van der Waals surface area (Å²) in [6.45, 7) is 13.9. The highest BCUT2D eigenvalue weighted by molar-refractivity contribution is 7.92. The summed E-state index contributed by atoms with van der Waals surface area (Å²) in [5, 5.41) is 2.98. The topological polar surface area (TPSA) is 75.3 Å². The van der Waals surface area contributed by atoms with Gasteiger partial charge in [-0.3, -0.25) is 9.52 Å². The lowest BCUT2D eigenvalue weighted by Crippen LogP contribution is -2.27. The highest BCUT2D eigenvalue weighted by atomic mass is 32.2. The third-order valence-electron chi connectivity index (χ3n) is 6.00. The zero-order valence-electron chi connectivity index (χ0n) is 21.0. The van der Waals surface area contributed by atoms with Crippen LogP contribution in [0.4, 0.5) is 5.69 Å². The van der Waals surface area contributed by atoms with Gasteiger partial charge in [0, 0.05) is 5.56 Å². The van der Waals surface area contributed by atoms with Crippen LogP contribution in [0.25, 0.3) is 0 Å². The van der Waals surface area contributed by atoms with Crippen LogP contribution in [0.3, 0.4) is 0 Å². The van der Waals surface area contributed by atoms with E-state index in [1.54, 1.807) is 25.1 Å². The van der Waals surface area contributed by atoms with Crippen LogP contribution in [-0.2, 0) is 15.4 Å². The molecule has 0 aromatic heterocycles. The molecular weight excluding hydrogens is 444 g/mol. The monoisotopic (exact) mass is 478 g/mol. The van der Waals surface area contributed by atoms with Crippen molar-refractivity contribution in [2.45, 2.75) is 64.8 Å². The van der Waals surface area contributed by atoms with Crippen LogP contribution in [0.15, 0.2) is 65.6 Å². The van der Waals surface area contributed by atoms with E-state index in [9.17, 15) is 13.2 Å². The van der Waals surface area contributed by atoms with Gasteiger partial charge in [-0.05, 0) is 79.1 Å². The Morgan fingerprint density at radius 1 is 0.853 bits per heavy atom. The van der Waals surface area contributed by atoms with E-state index in [4.69, 9.17) is 0 Å². The zero-order valence-corrected chi connectivity index (χ0v) is 21.8. The minimum Gasteiger partial charge on any atom is -0.346 e. The molecule has 0 aliphatic carbocycles. The SMILES string of the molecule is Cc1ccc(C)c(NS(=O)(=O)c2cc(C(=O)N[C@@H](C)c3ccc(C(C)(C)C)cc3)ccc2C)c1. The highest BCUT2D eigenvalue weighted by Gasteiger charge is 2.21. The first-order valence-electron chi connectivity index (χ1n) is 11.4. The zero-order chi connectivity index (χ0) is 25.3. The molecule has 0 aliphatic rings. The molecule has 1 atom stereocenters. The number of anilines is 1. The van der Waals surface area contributed by atoms with Gasteiger partial charge in [-0.1, -0.05) is 63.2 Å². The second-order valence-corrected chi connectivity index (χ2v) is 11.6. The fraction of sp³-hybridized carbons (Fsp3) is 0.321. The van der Waals surface area contributed by atoms with E-state index in [0.717, 1.165) is 16.7 Å². The molecular formula is C28H34N2O3S. The van der Waals surface area contributed by atoms with E-state index < -0.39 is 10.0 Å². The molecule has 5 nitrogen and oxygen atoms in total. The summed E-state index contributed by atoms with van der Waals surface area (Å²) >= 11 is 0. The minimum absolute atomic E-state index is 0.0554. The first kappa shape index (κ1) is 25.5. The van der Waals surface area contributed by atoms with Gasteiger partial charge in [0.15, 0.2) is 0 Å². The summed E-state index contributed by atoms with van der Waals surface area (Å²) in [6, 6.07) is 18.3. The second kappa shape index (κ2) is 9.63. The van der Waals surface area contributed by atoms with Crippen molar-refractivity contribution in [3.05, 3.63) is 94.0 Å². The average Bonchev–Trinajstić information content (AvgIpc) is 2.75. The lowest BCUT2D eigenvalue weighted by molar-refractivity contribution is 0.0939. The van der Waals surface area contributed by atoms with Crippen molar-refractivity contribution >= 4 is 21.6 Å². The quantitative estimate of drug-likeness (QED) is 0.443. The number of hydrogen-bond acceptors (Lipinski definition) is 3. The van der Waals surface area contributed by atoms with Crippen LogP contribution in [-0.4, -0.2) is 14.3 Å². The molecule has 3 aromatic rings. The molecule has 0 unspecified atom stereocenters. The van der Waals surface area contributed by atoms with Crippen LogP contribution >= 0.6 is 0 Å². The second-order valence-electron chi connectivity index (χ2n) is 9.97. The fourth-order valence-electron chi connectivity index (χ4n) is 3.71. The van der Waals surface area contributed by atoms with Gasteiger partial charge in [-0.15, -0.1) is 0 Å². The molecule has 3 rings (SSSR count). The van der Waals surface area contributed by atoms with Gasteiger partial charge < -0.3 is 5.32 Å². The first-order valence-corrected chi connectivity index (χ1v) is 12.9. The normalized spacial score (nSPS) is 12.8. The lowest BCUT2D eigenvalue weighted by Gasteiger charge is -2.21. The largest absolute Gasteiger partial charge is 0.346 e. The molecule has 6 heteroatoms. The Balaban J connectivity index is 1.82. The first-order chi connectivity index (χ1) is 15.8.